The van der Waals surface area contributed by atoms with E-state index in [2.05, 4.69) is 0 Å². The van der Waals surface area contributed by atoms with Gasteiger partial charge < -0.3 is 15.4 Å². The molecule has 1 fully saturated rings. The second-order valence-electron chi connectivity index (χ2n) is 4.42. The monoisotopic (exact) mass is 319 g/mol. The quantitative estimate of drug-likeness (QED) is 0.830. The summed E-state index contributed by atoms with van der Waals surface area (Å²) in [6, 6.07) is 1.46. The first-order chi connectivity index (χ1) is 9.45. The minimum absolute atomic E-state index is 0.0220. The molecule has 0 unspecified atom stereocenters. The Hall–Kier alpha value is -1.16. The van der Waals surface area contributed by atoms with E-state index in [9.17, 15) is 13.2 Å². The van der Waals surface area contributed by atoms with Crippen LogP contribution in [0.15, 0.2) is 15.7 Å². The summed E-state index contributed by atoms with van der Waals surface area (Å²) in [5.41, 5.74) is 6.01. The maximum Gasteiger partial charge on any atom is 0.252 e. The van der Waals surface area contributed by atoms with Crippen molar-refractivity contribution < 1.29 is 17.9 Å². The molecule has 0 radical (unpaired) electrons. The lowest BCUT2D eigenvalue weighted by atomic mass is 10.3. The Labute approximate surface area is 122 Å². The van der Waals surface area contributed by atoms with Crippen LogP contribution >= 0.6 is 11.3 Å². The lowest BCUT2D eigenvalue weighted by molar-refractivity contribution is -0.136. The van der Waals surface area contributed by atoms with Crippen molar-refractivity contribution in [1.82, 2.24) is 9.21 Å². The Balaban J connectivity index is 2.02. The van der Waals surface area contributed by atoms with Crippen LogP contribution in [-0.2, 0) is 19.6 Å². The van der Waals surface area contributed by atoms with Gasteiger partial charge in [0.15, 0.2) is 0 Å². The molecule has 1 aliphatic rings. The van der Waals surface area contributed by atoms with Gasteiger partial charge in [-0.3, -0.25) is 4.79 Å². The number of hydrogen-bond donors (Lipinski definition) is 1. The first-order valence-electron chi connectivity index (χ1n) is 6.06. The van der Waals surface area contributed by atoms with Crippen molar-refractivity contribution in [3.63, 3.8) is 0 Å². The number of thiophene rings is 1. The summed E-state index contributed by atoms with van der Waals surface area (Å²) >= 11 is 1.11. The Morgan fingerprint density at radius 3 is 2.55 bits per heavy atom. The highest BCUT2D eigenvalue weighted by Crippen LogP contribution is 2.25. The van der Waals surface area contributed by atoms with Crippen LogP contribution in [0.4, 0.5) is 5.69 Å². The number of amides is 1. The highest BCUT2D eigenvalue weighted by molar-refractivity contribution is 7.91. The summed E-state index contributed by atoms with van der Waals surface area (Å²) < 4.78 is 31.1. The van der Waals surface area contributed by atoms with Crippen LogP contribution in [0.1, 0.15) is 0 Å². The zero-order valence-corrected chi connectivity index (χ0v) is 12.7. The second kappa shape index (κ2) is 6.08. The number of carbonyl (C=O) groups is 1. The Kier molecular flexibility index (Phi) is 4.63. The molecule has 0 spiro atoms. The topological polar surface area (TPSA) is 92.9 Å². The van der Waals surface area contributed by atoms with E-state index in [1.807, 2.05) is 0 Å². The van der Waals surface area contributed by atoms with E-state index in [-0.39, 0.29) is 29.8 Å². The lowest BCUT2D eigenvalue weighted by Crippen LogP contribution is -2.51. The van der Waals surface area contributed by atoms with Gasteiger partial charge in [0.05, 0.1) is 0 Å². The van der Waals surface area contributed by atoms with Gasteiger partial charge in [-0.15, -0.1) is 11.3 Å². The van der Waals surface area contributed by atoms with Crippen LogP contribution in [0, 0.1) is 0 Å². The number of carbonyl (C=O) groups excluding carboxylic acids is 1. The predicted octanol–water partition coefficient (Wildman–Crippen LogP) is -0.190. The molecule has 1 aliphatic heterocycles. The zero-order chi connectivity index (χ0) is 14.8. The normalized spacial score (nSPS) is 17.4. The van der Waals surface area contributed by atoms with E-state index < -0.39 is 10.0 Å². The molecular weight excluding hydrogens is 302 g/mol. The molecule has 0 atom stereocenters. The molecule has 1 amide bonds. The Morgan fingerprint density at radius 2 is 2.05 bits per heavy atom. The minimum Gasteiger partial charge on any atom is -0.398 e. The van der Waals surface area contributed by atoms with Gasteiger partial charge in [-0.1, -0.05) is 0 Å². The number of hydrogen-bond acceptors (Lipinski definition) is 6. The zero-order valence-electron chi connectivity index (χ0n) is 11.1. The number of nitrogens with zero attached hydrogens (tertiary/aromatic N) is 2. The summed E-state index contributed by atoms with van der Waals surface area (Å²) in [5, 5.41) is 1.60. The van der Waals surface area contributed by atoms with Gasteiger partial charge in [-0.25, -0.2) is 8.42 Å². The number of methoxy groups -OCH3 is 1. The molecule has 0 aromatic carbocycles. The third-order valence-corrected chi connectivity index (χ3v) is 6.38. The van der Waals surface area contributed by atoms with E-state index in [4.69, 9.17) is 10.5 Å². The van der Waals surface area contributed by atoms with Gasteiger partial charge in [0.2, 0.25) is 5.91 Å². The van der Waals surface area contributed by atoms with E-state index in [1.54, 1.807) is 10.3 Å². The second-order valence-corrected chi connectivity index (χ2v) is 7.49. The number of nitrogens with two attached hydrogens (primary N) is 1. The van der Waals surface area contributed by atoms with Gasteiger partial charge >= 0.3 is 0 Å². The van der Waals surface area contributed by atoms with Crippen molar-refractivity contribution in [2.45, 2.75) is 4.21 Å². The standard InChI is InChI=1S/C11H17N3O4S2/c1-18-7-10(15)13-2-4-14(5-3-13)20(16,17)11-6-9(12)8-19-11/h6,8H,2-5,7,12H2,1H3. The van der Waals surface area contributed by atoms with E-state index >= 15 is 0 Å². The molecule has 7 nitrogen and oxygen atoms in total. The molecule has 9 heteroatoms. The number of ether oxygens (including phenoxy) is 1. The molecule has 2 rings (SSSR count). The van der Waals surface area contributed by atoms with Gasteiger partial charge in [0, 0.05) is 44.4 Å². The SMILES string of the molecule is COCC(=O)N1CCN(S(=O)(=O)c2cc(N)cs2)CC1. The largest absolute Gasteiger partial charge is 0.398 e. The highest BCUT2D eigenvalue weighted by atomic mass is 32.2. The molecule has 2 N–H and O–H groups in total. The van der Waals surface area contributed by atoms with E-state index in [0.717, 1.165) is 11.3 Å². The maximum atomic E-state index is 12.4. The van der Waals surface area contributed by atoms with Gasteiger partial charge in [0.25, 0.3) is 10.0 Å². The van der Waals surface area contributed by atoms with Crippen LogP contribution in [0.5, 0.6) is 0 Å². The third-order valence-electron chi connectivity index (χ3n) is 3.05. The smallest absolute Gasteiger partial charge is 0.252 e. The summed E-state index contributed by atoms with van der Waals surface area (Å²) in [5.74, 6) is -0.120. The lowest BCUT2D eigenvalue weighted by Gasteiger charge is -2.33. The summed E-state index contributed by atoms with van der Waals surface area (Å²) in [4.78, 5) is 13.3. The minimum atomic E-state index is -3.50. The van der Waals surface area contributed by atoms with Crippen LogP contribution in [0.25, 0.3) is 0 Å². The van der Waals surface area contributed by atoms with Crippen LogP contribution < -0.4 is 5.73 Å². The van der Waals surface area contributed by atoms with Crippen molar-refractivity contribution in [3.8, 4) is 0 Å². The average molecular weight is 319 g/mol. The first kappa shape index (κ1) is 15.2. The highest BCUT2D eigenvalue weighted by Gasteiger charge is 2.30. The van der Waals surface area contributed by atoms with Crippen molar-refractivity contribution in [2.24, 2.45) is 0 Å². The van der Waals surface area contributed by atoms with Gasteiger partial charge in [-0.05, 0) is 6.07 Å². The van der Waals surface area contributed by atoms with Gasteiger partial charge in [-0.2, -0.15) is 4.31 Å². The Morgan fingerprint density at radius 1 is 1.40 bits per heavy atom. The molecule has 0 aliphatic carbocycles. The number of anilines is 1. The molecule has 0 saturated carbocycles. The number of rotatable bonds is 4. The molecule has 1 saturated heterocycles. The molecule has 1 aromatic rings. The van der Waals surface area contributed by atoms with Crippen molar-refractivity contribution in [2.75, 3.05) is 45.6 Å². The van der Waals surface area contributed by atoms with Gasteiger partial charge in [0.1, 0.15) is 10.8 Å². The third kappa shape index (κ3) is 3.11. The van der Waals surface area contributed by atoms with E-state index in [0.29, 0.717) is 18.8 Å². The summed E-state index contributed by atoms with van der Waals surface area (Å²) in [7, 11) is -2.04. The molecular formula is C11H17N3O4S2. The van der Waals surface area contributed by atoms with Crippen LogP contribution in [-0.4, -0.2) is 63.4 Å². The molecule has 112 valence electrons. The number of piperazine rings is 1. The fourth-order valence-corrected chi connectivity index (χ4v) is 4.64. The predicted molar refractivity (Wildman–Crippen MR) is 75.9 cm³/mol. The van der Waals surface area contributed by atoms with Crippen LogP contribution in [0.2, 0.25) is 0 Å². The first-order valence-corrected chi connectivity index (χ1v) is 8.38. The Bertz CT molecular complexity index is 576. The fraction of sp³-hybridized carbons (Fsp3) is 0.545. The van der Waals surface area contributed by atoms with E-state index in [1.165, 1.54) is 17.5 Å². The van der Waals surface area contributed by atoms with Crippen molar-refractivity contribution in [1.29, 1.82) is 0 Å². The molecule has 0 bridgehead atoms. The van der Waals surface area contributed by atoms with Crippen molar-refractivity contribution >= 4 is 33.0 Å². The summed E-state index contributed by atoms with van der Waals surface area (Å²) in [6.07, 6.45) is 0. The number of sulfonamides is 1. The van der Waals surface area contributed by atoms with Crippen LogP contribution in [0.3, 0.4) is 0 Å². The molecule has 1 aromatic heterocycles. The molecule has 20 heavy (non-hydrogen) atoms. The maximum absolute atomic E-state index is 12.4. The number of nitrogen functional groups attached to an aromatic ring is 1. The fourth-order valence-electron chi connectivity index (χ4n) is 1.99. The summed E-state index contributed by atoms with van der Waals surface area (Å²) in [6.45, 7) is 1.35. The molecule has 2 heterocycles. The van der Waals surface area contributed by atoms with Crippen molar-refractivity contribution in [3.05, 3.63) is 11.4 Å². The average Bonchev–Trinajstić information content (AvgIpc) is 2.86.